The molecule has 1 spiro atoms. The number of benzene rings is 1. The highest BCUT2D eigenvalue weighted by molar-refractivity contribution is 5.85. The lowest BCUT2D eigenvalue weighted by molar-refractivity contribution is -0.123. The maximum atomic E-state index is 12.4. The van der Waals surface area contributed by atoms with Gasteiger partial charge in [-0.05, 0) is 62.0 Å². The number of H-pyrrole nitrogens is 1. The molecule has 1 saturated heterocycles. The van der Waals surface area contributed by atoms with Gasteiger partial charge in [0.15, 0.2) is 5.82 Å². The van der Waals surface area contributed by atoms with Gasteiger partial charge >= 0.3 is 0 Å². The standard InChI is InChI=1S/C18H23N5O2.ClH/c1-25-13-4-2-12(3-5-13)16-21-15(22-23-16)11-20-17(24)14-10-18(14)6-8-19-9-7-18;/h2-5,14,19H,6-11H2,1H3,(H,20,24)(H,21,22,23);1H. The minimum absolute atomic E-state index is 0. The normalized spacial score (nSPS) is 20.3. The number of methoxy groups -OCH3 is 1. The topological polar surface area (TPSA) is 91.9 Å². The van der Waals surface area contributed by atoms with Gasteiger partial charge in [0.25, 0.3) is 0 Å². The molecule has 1 saturated carbocycles. The Labute approximate surface area is 158 Å². The van der Waals surface area contributed by atoms with E-state index in [4.69, 9.17) is 4.74 Å². The molecule has 0 radical (unpaired) electrons. The van der Waals surface area contributed by atoms with Crippen LogP contribution in [0.3, 0.4) is 0 Å². The van der Waals surface area contributed by atoms with E-state index in [0.717, 1.165) is 43.7 Å². The number of hydrogen-bond donors (Lipinski definition) is 3. The molecular weight excluding hydrogens is 354 g/mol. The fraction of sp³-hybridized carbons (Fsp3) is 0.500. The first-order valence-corrected chi connectivity index (χ1v) is 8.74. The third kappa shape index (κ3) is 3.68. The van der Waals surface area contributed by atoms with Crippen LogP contribution in [0.2, 0.25) is 0 Å². The van der Waals surface area contributed by atoms with Crippen molar-refractivity contribution in [1.82, 2.24) is 25.8 Å². The fourth-order valence-electron chi connectivity index (χ4n) is 3.73. The number of ether oxygens (including phenoxy) is 1. The molecule has 26 heavy (non-hydrogen) atoms. The van der Waals surface area contributed by atoms with Crippen molar-refractivity contribution >= 4 is 18.3 Å². The van der Waals surface area contributed by atoms with Gasteiger partial charge in [-0.15, -0.1) is 12.4 Å². The van der Waals surface area contributed by atoms with E-state index < -0.39 is 0 Å². The SMILES string of the molecule is COc1ccc(-c2n[nH]c(CNC(=O)C3CC34CCNCC4)n2)cc1.Cl. The molecule has 2 fully saturated rings. The Morgan fingerprint density at radius 3 is 2.73 bits per heavy atom. The molecular formula is C18H24ClN5O2. The number of piperidine rings is 1. The van der Waals surface area contributed by atoms with Crippen molar-refractivity contribution in [2.45, 2.75) is 25.8 Å². The first-order valence-electron chi connectivity index (χ1n) is 8.74. The highest BCUT2D eigenvalue weighted by atomic mass is 35.5. The van der Waals surface area contributed by atoms with E-state index in [2.05, 4.69) is 25.8 Å². The van der Waals surface area contributed by atoms with Gasteiger partial charge in [0.05, 0.1) is 13.7 Å². The van der Waals surface area contributed by atoms with E-state index in [1.165, 1.54) is 0 Å². The summed E-state index contributed by atoms with van der Waals surface area (Å²) in [5.74, 6) is 2.39. The highest BCUT2D eigenvalue weighted by Gasteiger charge is 2.57. The smallest absolute Gasteiger partial charge is 0.224 e. The summed E-state index contributed by atoms with van der Waals surface area (Å²) in [6, 6.07) is 7.57. The summed E-state index contributed by atoms with van der Waals surface area (Å²) in [7, 11) is 1.64. The maximum absolute atomic E-state index is 12.4. The van der Waals surface area contributed by atoms with Crippen molar-refractivity contribution in [1.29, 1.82) is 0 Å². The Morgan fingerprint density at radius 1 is 1.31 bits per heavy atom. The monoisotopic (exact) mass is 377 g/mol. The average Bonchev–Trinajstić information content (AvgIpc) is 3.14. The van der Waals surface area contributed by atoms with E-state index in [9.17, 15) is 4.79 Å². The summed E-state index contributed by atoms with van der Waals surface area (Å²) < 4.78 is 5.15. The van der Waals surface area contributed by atoms with Gasteiger partial charge in [-0.2, -0.15) is 5.10 Å². The number of amides is 1. The number of halogens is 1. The number of nitrogens with zero attached hydrogens (tertiary/aromatic N) is 2. The molecule has 7 nitrogen and oxygen atoms in total. The lowest BCUT2D eigenvalue weighted by Crippen LogP contribution is -2.33. The van der Waals surface area contributed by atoms with Gasteiger partial charge in [-0.25, -0.2) is 4.98 Å². The summed E-state index contributed by atoms with van der Waals surface area (Å²) in [4.78, 5) is 16.9. The van der Waals surface area contributed by atoms with Crippen LogP contribution >= 0.6 is 12.4 Å². The van der Waals surface area contributed by atoms with Gasteiger partial charge in [0, 0.05) is 11.5 Å². The molecule has 140 valence electrons. The molecule has 0 bridgehead atoms. The number of rotatable bonds is 5. The lowest BCUT2D eigenvalue weighted by atomic mass is 9.92. The number of nitrogens with one attached hydrogen (secondary N) is 3. The van der Waals surface area contributed by atoms with Crippen LogP contribution in [-0.4, -0.2) is 41.3 Å². The number of carbonyl (C=O) groups excluding carboxylic acids is 1. The van der Waals surface area contributed by atoms with Crippen LogP contribution in [0.4, 0.5) is 0 Å². The summed E-state index contributed by atoms with van der Waals surface area (Å²) >= 11 is 0. The van der Waals surface area contributed by atoms with Crippen molar-refractivity contribution in [2.24, 2.45) is 11.3 Å². The maximum Gasteiger partial charge on any atom is 0.224 e. The van der Waals surface area contributed by atoms with Gasteiger partial charge in [-0.3, -0.25) is 9.89 Å². The fourth-order valence-corrected chi connectivity index (χ4v) is 3.73. The summed E-state index contributed by atoms with van der Waals surface area (Å²) in [6.07, 6.45) is 3.23. The van der Waals surface area contributed by atoms with E-state index in [1.54, 1.807) is 7.11 Å². The van der Waals surface area contributed by atoms with Crippen molar-refractivity contribution in [3.63, 3.8) is 0 Å². The zero-order valence-electron chi connectivity index (χ0n) is 14.7. The van der Waals surface area contributed by atoms with Crippen LogP contribution in [0.1, 0.15) is 25.1 Å². The summed E-state index contributed by atoms with van der Waals surface area (Å²) in [5.41, 5.74) is 1.16. The predicted octanol–water partition coefficient (Wildman–Crippen LogP) is 1.91. The minimum Gasteiger partial charge on any atom is -0.497 e. The van der Waals surface area contributed by atoms with Crippen molar-refractivity contribution < 1.29 is 9.53 Å². The quantitative estimate of drug-likeness (QED) is 0.740. The second-order valence-electron chi connectivity index (χ2n) is 6.92. The second-order valence-corrected chi connectivity index (χ2v) is 6.92. The molecule has 8 heteroatoms. The Balaban J connectivity index is 0.00000196. The Kier molecular flexibility index (Phi) is 5.48. The average molecular weight is 378 g/mol. The summed E-state index contributed by atoms with van der Waals surface area (Å²) in [5, 5.41) is 13.5. The molecule has 1 amide bonds. The second kappa shape index (κ2) is 7.63. The van der Waals surface area contributed by atoms with E-state index in [0.29, 0.717) is 18.2 Å². The van der Waals surface area contributed by atoms with Crippen molar-refractivity contribution in [2.75, 3.05) is 20.2 Å². The van der Waals surface area contributed by atoms with Crippen LogP contribution in [0, 0.1) is 11.3 Å². The third-order valence-electron chi connectivity index (χ3n) is 5.42. The van der Waals surface area contributed by atoms with Crippen LogP contribution < -0.4 is 15.4 Å². The first kappa shape index (κ1) is 18.7. The number of carbonyl (C=O) groups is 1. The molecule has 1 aliphatic carbocycles. The predicted molar refractivity (Wildman–Crippen MR) is 100 cm³/mol. The Hall–Kier alpha value is -2.12. The number of aromatic nitrogens is 3. The molecule has 2 aliphatic rings. The molecule has 4 rings (SSSR count). The van der Waals surface area contributed by atoms with Gasteiger partial charge in [0.2, 0.25) is 5.91 Å². The van der Waals surface area contributed by atoms with Crippen LogP contribution in [0.15, 0.2) is 24.3 Å². The number of aromatic amines is 1. The molecule has 2 heterocycles. The largest absolute Gasteiger partial charge is 0.497 e. The minimum atomic E-state index is 0. The van der Waals surface area contributed by atoms with Gasteiger partial charge < -0.3 is 15.4 Å². The Bertz CT molecular complexity index is 755. The van der Waals surface area contributed by atoms with Gasteiger partial charge in [0.1, 0.15) is 11.6 Å². The van der Waals surface area contributed by atoms with Crippen LogP contribution in [0.5, 0.6) is 5.75 Å². The van der Waals surface area contributed by atoms with E-state index in [1.807, 2.05) is 24.3 Å². The molecule has 1 aliphatic heterocycles. The molecule has 1 aromatic heterocycles. The number of hydrogen-bond acceptors (Lipinski definition) is 5. The van der Waals surface area contributed by atoms with Crippen LogP contribution in [-0.2, 0) is 11.3 Å². The Morgan fingerprint density at radius 2 is 2.04 bits per heavy atom. The van der Waals surface area contributed by atoms with E-state index in [-0.39, 0.29) is 29.6 Å². The zero-order chi connectivity index (χ0) is 17.3. The van der Waals surface area contributed by atoms with Gasteiger partial charge in [-0.1, -0.05) is 0 Å². The first-order chi connectivity index (χ1) is 12.2. The lowest BCUT2D eigenvalue weighted by Gasteiger charge is -2.23. The molecule has 1 unspecified atom stereocenters. The van der Waals surface area contributed by atoms with Crippen LogP contribution in [0.25, 0.3) is 11.4 Å². The summed E-state index contributed by atoms with van der Waals surface area (Å²) in [6.45, 7) is 2.43. The highest BCUT2D eigenvalue weighted by Crippen LogP contribution is 2.58. The van der Waals surface area contributed by atoms with Crippen molar-refractivity contribution in [3.05, 3.63) is 30.1 Å². The molecule has 2 aromatic rings. The van der Waals surface area contributed by atoms with Crippen molar-refractivity contribution in [3.8, 4) is 17.1 Å². The third-order valence-corrected chi connectivity index (χ3v) is 5.42. The molecule has 1 atom stereocenters. The molecule has 1 aromatic carbocycles. The molecule has 3 N–H and O–H groups in total. The zero-order valence-corrected chi connectivity index (χ0v) is 15.6. The van der Waals surface area contributed by atoms with E-state index >= 15 is 0 Å².